The molecular formula is C18H28N2OS. The van der Waals surface area contributed by atoms with Crippen LogP contribution in [-0.2, 0) is 4.74 Å². The molecule has 0 bridgehead atoms. The van der Waals surface area contributed by atoms with Crippen LogP contribution < -0.4 is 10.6 Å². The fourth-order valence-corrected chi connectivity index (χ4v) is 3.11. The Hall–Kier alpha value is -1.13. The summed E-state index contributed by atoms with van der Waals surface area (Å²) < 4.78 is 5.86. The Balaban J connectivity index is 1.52. The highest BCUT2D eigenvalue weighted by Crippen LogP contribution is 2.17. The van der Waals surface area contributed by atoms with Crippen LogP contribution in [0, 0.1) is 0 Å². The molecule has 1 atom stereocenters. The van der Waals surface area contributed by atoms with E-state index in [1.165, 1.54) is 37.7 Å². The number of ether oxygens (including phenoxy) is 1. The third kappa shape index (κ3) is 6.32. The van der Waals surface area contributed by atoms with Gasteiger partial charge in [0.2, 0.25) is 0 Å². The molecule has 0 aliphatic heterocycles. The number of hydrogen-bond acceptors (Lipinski definition) is 2. The number of benzene rings is 1. The van der Waals surface area contributed by atoms with Gasteiger partial charge in [-0.2, -0.15) is 0 Å². The van der Waals surface area contributed by atoms with Crippen molar-refractivity contribution in [2.75, 3.05) is 13.2 Å². The van der Waals surface area contributed by atoms with Gasteiger partial charge in [0.05, 0.1) is 6.10 Å². The zero-order valence-electron chi connectivity index (χ0n) is 13.5. The van der Waals surface area contributed by atoms with Crippen molar-refractivity contribution in [2.45, 2.75) is 57.6 Å². The predicted octanol–water partition coefficient (Wildman–Crippen LogP) is 3.95. The van der Waals surface area contributed by atoms with Gasteiger partial charge < -0.3 is 15.4 Å². The maximum atomic E-state index is 5.86. The van der Waals surface area contributed by atoms with Gasteiger partial charge in [0, 0.05) is 19.2 Å². The molecule has 0 unspecified atom stereocenters. The van der Waals surface area contributed by atoms with Crippen molar-refractivity contribution >= 4 is 17.3 Å². The maximum absolute atomic E-state index is 5.86. The number of hydrogen-bond donors (Lipinski definition) is 2. The quantitative estimate of drug-likeness (QED) is 0.589. The van der Waals surface area contributed by atoms with E-state index in [2.05, 4.69) is 29.7 Å². The first-order chi connectivity index (χ1) is 10.8. The number of thiocarbonyl (C=S) groups is 1. The van der Waals surface area contributed by atoms with Gasteiger partial charge in [0.25, 0.3) is 0 Å². The molecule has 0 radical (unpaired) electrons. The molecule has 1 aromatic carbocycles. The van der Waals surface area contributed by atoms with E-state index in [4.69, 9.17) is 17.0 Å². The van der Waals surface area contributed by atoms with Crippen molar-refractivity contribution in [2.24, 2.45) is 0 Å². The minimum absolute atomic E-state index is 0.147. The second-order valence-corrected chi connectivity index (χ2v) is 6.42. The summed E-state index contributed by atoms with van der Waals surface area (Å²) in [6, 6.07) is 10.9. The highest BCUT2D eigenvalue weighted by molar-refractivity contribution is 7.80. The molecule has 0 spiro atoms. The molecule has 22 heavy (non-hydrogen) atoms. The second kappa shape index (κ2) is 9.80. The summed E-state index contributed by atoms with van der Waals surface area (Å²) in [6.07, 6.45) is 7.63. The minimum Gasteiger partial charge on any atom is -0.374 e. The fourth-order valence-electron chi connectivity index (χ4n) is 2.84. The third-order valence-electron chi connectivity index (χ3n) is 4.18. The molecule has 0 aromatic heterocycles. The largest absolute Gasteiger partial charge is 0.374 e. The topological polar surface area (TPSA) is 33.3 Å². The lowest BCUT2D eigenvalue weighted by Gasteiger charge is -2.24. The zero-order chi connectivity index (χ0) is 15.6. The molecule has 0 saturated heterocycles. The van der Waals surface area contributed by atoms with Crippen LogP contribution in [0.3, 0.4) is 0 Å². The number of nitrogens with one attached hydrogen (secondary N) is 2. The Morgan fingerprint density at radius 3 is 2.68 bits per heavy atom. The smallest absolute Gasteiger partial charge is 0.166 e. The normalized spacial score (nSPS) is 17.0. The van der Waals surface area contributed by atoms with Gasteiger partial charge in [-0.25, -0.2) is 0 Å². The van der Waals surface area contributed by atoms with Crippen molar-refractivity contribution in [3.63, 3.8) is 0 Å². The maximum Gasteiger partial charge on any atom is 0.166 e. The molecule has 2 rings (SSSR count). The van der Waals surface area contributed by atoms with E-state index < -0.39 is 0 Å². The van der Waals surface area contributed by atoms with Crippen LogP contribution in [0.1, 0.15) is 57.1 Å². The standard InChI is InChI=1S/C18H28N2OS/c1-15(16-9-4-2-5-10-16)21-14-8-13-19-18(22)20-17-11-6-3-7-12-17/h2,4-5,9-10,15,17H,3,6-8,11-14H2,1H3,(H2,19,20,22)/t15-/m0/s1. The number of rotatable bonds is 7. The summed E-state index contributed by atoms with van der Waals surface area (Å²) in [5, 5.41) is 7.50. The van der Waals surface area contributed by atoms with Gasteiger partial charge in [0.15, 0.2) is 5.11 Å². The van der Waals surface area contributed by atoms with Gasteiger partial charge in [-0.3, -0.25) is 0 Å². The van der Waals surface area contributed by atoms with Crippen molar-refractivity contribution < 1.29 is 4.74 Å². The van der Waals surface area contributed by atoms with E-state index in [0.717, 1.165) is 24.7 Å². The monoisotopic (exact) mass is 320 g/mol. The Morgan fingerprint density at radius 1 is 1.23 bits per heavy atom. The highest BCUT2D eigenvalue weighted by atomic mass is 32.1. The predicted molar refractivity (Wildman–Crippen MR) is 96.0 cm³/mol. The van der Waals surface area contributed by atoms with E-state index in [1.54, 1.807) is 0 Å². The molecule has 4 heteroatoms. The average molecular weight is 321 g/mol. The van der Waals surface area contributed by atoms with Crippen molar-refractivity contribution in [3.05, 3.63) is 35.9 Å². The van der Waals surface area contributed by atoms with Crippen molar-refractivity contribution in [1.29, 1.82) is 0 Å². The lowest BCUT2D eigenvalue weighted by molar-refractivity contribution is 0.0646. The van der Waals surface area contributed by atoms with Crippen LogP contribution in [-0.4, -0.2) is 24.3 Å². The molecule has 1 aliphatic rings. The van der Waals surface area contributed by atoms with Crippen LogP contribution in [0.15, 0.2) is 30.3 Å². The van der Waals surface area contributed by atoms with Gasteiger partial charge in [-0.15, -0.1) is 0 Å². The molecular weight excluding hydrogens is 292 g/mol. The summed E-state index contributed by atoms with van der Waals surface area (Å²) in [4.78, 5) is 0. The summed E-state index contributed by atoms with van der Waals surface area (Å²) in [6.45, 7) is 3.70. The van der Waals surface area contributed by atoms with Crippen LogP contribution in [0.4, 0.5) is 0 Å². The summed E-state index contributed by atoms with van der Waals surface area (Å²) in [7, 11) is 0. The third-order valence-corrected chi connectivity index (χ3v) is 4.45. The molecule has 1 aromatic rings. The molecule has 0 amide bonds. The summed E-state index contributed by atoms with van der Waals surface area (Å²) >= 11 is 5.35. The Bertz CT molecular complexity index is 432. The zero-order valence-corrected chi connectivity index (χ0v) is 14.3. The van der Waals surface area contributed by atoms with Gasteiger partial charge in [0.1, 0.15) is 0 Å². The first kappa shape index (κ1) is 17.2. The summed E-state index contributed by atoms with van der Waals surface area (Å²) in [5.41, 5.74) is 1.23. The van der Waals surface area contributed by atoms with Crippen LogP contribution >= 0.6 is 12.2 Å². The van der Waals surface area contributed by atoms with E-state index in [1.807, 2.05) is 18.2 Å². The molecule has 0 heterocycles. The van der Waals surface area contributed by atoms with Crippen molar-refractivity contribution in [1.82, 2.24) is 10.6 Å². The molecule has 122 valence electrons. The van der Waals surface area contributed by atoms with Crippen LogP contribution in [0.5, 0.6) is 0 Å². The van der Waals surface area contributed by atoms with E-state index in [-0.39, 0.29) is 6.10 Å². The lowest BCUT2D eigenvalue weighted by atomic mass is 9.96. The van der Waals surface area contributed by atoms with Gasteiger partial charge in [-0.1, -0.05) is 49.6 Å². The minimum atomic E-state index is 0.147. The fraction of sp³-hybridized carbons (Fsp3) is 0.611. The average Bonchev–Trinajstić information content (AvgIpc) is 2.56. The second-order valence-electron chi connectivity index (χ2n) is 6.01. The SMILES string of the molecule is C[C@H](OCCCNC(=S)NC1CCCCC1)c1ccccc1. The molecule has 1 saturated carbocycles. The molecule has 1 aliphatic carbocycles. The molecule has 2 N–H and O–H groups in total. The van der Waals surface area contributed by atoms with Crippen LogP contribution in [0.2, 0.25) is 0 Å². The molecule has 3 nitrogen and oxygen atoms in total. The molecule has 1 fully saturated rings. The lowest BCUT2D eigenvalue weighted by Crippen LogP contribution is -2.43. The van der Waals surface area contributed by atoms with E-state index in [0.29, 0.717) is 6.04 Å². The highest BCUT2D eigenvalue weighted by Gasteiger charge is 2.13. The summed E-state index contributed by atoms with van der Waals surface area (Å²) in [5.74, 6) is 0. The first-order valence-electron chi connectivity index (χ1n) is 8.46. The van der Waals surface area contributed by atoms with Gasteiger partial charge >= 0.3 is 0 Å². The Morgan fingerprint density at radius 2 is 1.95 bits per heavy atom. The van der Waals surface area contributed by atoms with Gasteiger partial charge in [-0.05, 0) is 44.0 Å². The van der Waals surface area contributed by atoms with Crippen molar-refractivity contribution in [3.8, 4) is 0 Å². The Kier molecular flexibility index (Phi) is 7.67. The van der Waals surface area contributed by atoms with Crippen LogP contribution in [0.25, 0.3) is 0 Å². The Labute approximate surface area is 139 Å². The first-order valence-corrected chi connectivity index (χ1v) is 8.87. The van der Waals surface area contributed by atoms with E-state index in [9.17, 15) is 0 Å². The van der Waals surface area contributed by atoms with E-state index >= 15 is 0 Å².